The van der Waals surface area contributed by atoms with Crippen LogP contribution in [0.3, 0.4) is 0 Å². The van der Waals surface area contributed by atoms with Crippen LogP contribution >= 0.6 is 0 Å². The minimum Gasteiger partial charge on any atom is -0.329 e. The van der Waals surface area contributed by atoms with Crippen molar-refractivity contribution in [3.05, 3.63) is 0 Å². The minimum atomic E-state index is 0.352. The molecule has 0 aliphatic heterocycles. The van der Waals surface area contributed by atoms with Gasteiger partial charge in [-0.3, -0.25) is 4.90 Å². The van der Waals surface area contributed by atoms with E-state index in [0.717, 1.165) is 36.1 Å². The maximum absolute atomic E-state index is 6.48. The standard InChI is InChI=1S/C19H36N2/c1-4-14(5-2)12-21(6-3)19(13-20)17-8-15-7-16(10-17)11-18(19)9-15/h14-18H,4-13,20H2,1-3H3. The minimum absolute atomic E-state index is 0.352. The molecule has 2 heteroatoms. The summed E-state index contributed by atoms with van der Waals surface area (Å²) in [5.41, 5.74) is 6.83. The van der Waals surface area contributed by atoms with E-state index in [4.69, 9.17) is 5.73 Å². The van der Waals surface area contributed by atoms with Crippen molar-refractivity contribution < 1.29 is 0 Å². The third-order valence-corrected chi connectivity index (χ3v) is 7.48. The van der Waals surface area contributed by atoms with Gasteiger partial charge < -0.3 is 5.73 Å². The van der Waals surface area contributed by atoms with Gasteiger partial charge in [0.15, 0.2) is 0 Å². The highest BCUT2D eigenvalue weighted by Gasteiger charge is 2.58. The molecule has 4 saturated carbocycles. The first-order chi connectivity index (χ1) is 10.2. The summed E-state index contributed by atoms with van der Waals surface area (Å²) in [6.45, 7) is 10.4. The Bertz CT molecular complexity index is 319. The van der Waals surface area contributed by atoms with Gasteiger partial charge in [-0.15, -0.1) is 0 Å². The highest BCUT2D eigenvalue weighted by molar-refractivity contribution is 5.12. The monoisotopic (exact) mass is 292 g/mol. The molecule has 0 radical (unpaired) electrons. The fourth-order valence-electron chi connectivity index (χ4n) is 6.43. The van der Waals surface area contributed by atoms with Crippen LogP contribution in [-0.2, 0) is 0 Å². The summed E-state index contributed by atoms with van der Waals surface area (Å²) < 4.78 is 0. The van der Waals surface area contributed by atoms with E-state index in [-0.39, 0.29) is 0 Å². The zero-order valence-electron chi connectivity index (χ0n) is 14.5. The van der Waals surface area contributed by atoms with E-state index in [1.807, 2.05) is 0 Å². The Morgan fingerprint density at radius 2 is 1.48 bits per heavy atom. The third kappa shape index (κ3) is 2.47. The fourth-order valence-corrected chi connectivity index (χ4v) is 6.43. The van der Waals surface area contributed by atoms with Crippen LogP contribution in [0.2, 0.25) is 0 Å². The van der Waals surface area contributed by atoms with Gasteiger partial charge in [0, 0.05) is 18.6 Å². The molecule has 0 aromatic carbocycles. The van der Waals surface area contributed by atoms with Crippen molar-refractivity contribution in [2.45, 2.75) is 71.3 Å². The lowest BCUT2D eigenvalue weighted by Gasteiger charge is -2.65. The first kappa shape index (κ1) is 15.8. The maximum atomic E-state index is 6.48. The number of hydrogen-bond donors (Lipinski definition) is 1. The molecule has 0 amide bonds. The molecule has 2 nitrogen and oxygen atoms in total. The van der Waals surface area contributed by atoms with Crippen molar-refractivity contribution in [1.82, 2.24) is 4.90 Å². The van der Waals surface area contributed by atoms with Gasteiger partial charge in [-0.1, -0.05) is 33.6 Å². The molecule has 4 bridgehead atoms. The summed E-state index contributed by atoms with van der Waals surface area (Å²) in [6, 6.07) is 0. The van der Waals surface area contributed by atoms with Gasteiger partial charge in [0.1, 0.15) is 0 Å². The summed E-state index contributed by atoms with van der Waals surface area (Å²) >= 11 is 0. The lowest BCUT2D eigenvalue weighted by molar-refractivity contribution is -0.133. The van der Waals surface area contributed by atoms with Gasteiger partial charge in [-0.25, -0.2) is 0 Å². The molecule has 0 aromatic heterocycles. The molecular formula is C19H36N2. The van der Waals surface area contributed by atoms with Crippen molar-refractivity contribution in [3.8, 4) is 0 Å². The number of nitrogens with zero attached hydrogens (tertiary/aromatic N) is 1. The second-order valence-corrected chi connectivity index (χ2v) is 8.22. The molecule has 0 unspecified atom stereocenters. The summed E-state index contributed by atoms with van der Waals surface area (Å²) in [4.78, 5) is 2.84. The van der Waals surface area contributed by atoms with E-state index in [9.17, 15) is 0 Å². The van der Waals surface area contributed by atoms with Crippen LogP contribution in [0.1, 0.15) is 65.7 Å². The van der Waals surface area contributed by atoms with Crippen LogP contribution < -0.4 is 5.73 Å². The third-order valence-electron chi connectivity index (χ3n) is 7.48. The number of likely N-dealkylation sites (N-methyl/N-ethyl adjacent to an activating group) is 1. The molecule has 0 aromatic rings. The Kier molecular flexibility index (Phi) is 4.66. The van der Waals surface area contributed by atoms with Crippen molar-refractivity contribution >= 4 is 0 Å². The highest BCUT2D eigenvalue weighted by Crippen LogP contribution is 2.59. The molecule has 4 rings (SSSR count). The normalized spacial score (nSPS) is 41.4. The second kappa shape index (κ2) is 6.20. The second-order valence-electron chi connectivity index (χ2n) is 8.22. The van der Waals surface area contributed by atoms with Gasteiger partial charge in [-0.05, 0) is 68.2 Å². The van der Waals surface area contributed by atoms with Crippen molar-refractivity contribution in [1.29, 1.82) is 0 Å². The van der Waals surface area contributed by atoms with E-state index in [1.54, 1.807) is 0 Å². The summed E-state index contributed by atoms with van der Waals surface area (Å²) in [5.74, 6) is 4.73. The molecule has 2 N–H and O–H groups in total. The van der Waals surface area contributed by atoms with Gasteiger partial charge >= 0.3 is 0 Å². The van der Waals surface area contributed by atoms with E-state index in [2.05, 4.69) is 25.7 Å². The van der Waals surface area contributed by atoms with Gasteiger partial charge in [0.25, 0.3) is 0 Å². The average Bonchev–Trinajstić information content (AvgIpc) is 2.50. The first-order valence-corrected chi connectivity index (χ1v) is 9.62. The Hall–Kier alpha value is -0.0800. The largest absolute Gasteiger partial charge is 0.329 e. The zero-order chi connectivity index (χ0) is 15.0. The van der Waals surface area contributed by atoms with E-state index >= 15 is 0 Å². The predicted octanol–water partition coefficient (Wildman–Crippen LogP) is 3.90. The smallest absolute Gasteiger partial charge is 0.0388 e. The van der Waals surface area contributed by atoms with Crippen molar-refractivity contribution in [3.63, 3.8) is 0 Å². The van der Waals surface area contributed by atoms with Crippen LogP contribution in [0.25, 0.3) is 0 Å². The zero-order valence-corrected chi connectivity index (χ0v) is 14.5. The lowest BCUT2D eigenvalue weighted by atomic mass is 9.48. The predicted molar refractivity (Wildman–Crippen MR) is 90.1 cm³/mol. The SMILES string of the molecule is CCC(CC)CN(CC)C1(CN)C2CC3CC(C2)CC1C3. The van der Waals surface area contributed by atoms with Crippen LogP contribution in [0.4, 0.5) is 0 Å². The molecule has 122 valence electrons. The average molecular weight is 293 g/mol. The molecule has 4 fully saturated rings. The van der Waals surface area contributed by atoms with Crippen LogP contribution in [0, 0.1) is 29.6 Å². The molecule has 0 heterocycles. The molecule has 0 saturated heterocycles. The lowest BCUT2D eigenvalue weighted by Crippen LogP contribution is -2.69. The molecule has 0 atom stereocenters. The van der Waals surface area contributed by atoms with Crippen LogP contribution in [-0.4, -0.2) is 30.1 Å². The van der Waals surface area contributed by atoms with Gasteiger partial charge in [0.05, 0.1) is 0 Å². The summed E-state index contributed by atoms with van der Waals surface area (Å²) in [7, 11) is 0. The summed E-state index contributed by atoms with van der Waals surface area (Å²) in [5, 5.41) is 0. The first-order valence-electron chi connectivity index (χ1n) is 9.62. The van der Waals surface area contributed by atoms with Crippen LogP contribution in [0.5, 0.6) is 0 Å². The Balaban J connectivity index is 1.84. The number of nitrogens with two attached hydrogens (primary N) is 1. The molecule has 4 aliphatic rings. The summed E-state index contributed by atoms with van der Waals surface area (Å²) in [6.07, 6.45) is 10.1. The Morgan fingerprint density at radius 3 is 1.86 bits per heavy atom. The van der Waals surface area contributed by atoms with E-state index < -0.39 is 0 Å². The van der Waals surface area contributed by atoms with Gasteiger partial charge in [0.2, 0.25) is 0 Å². The Morgan fingerprint density at radius 1 is 0.952 bits per heavy atom. The molecule has 4 aliphatic carbocycles. The number of hydrogen-bond acceptors (Lipinski definition) is 2. The van der Waals surface area contributed by atoms with Crippen molar-refractivity contribution in [2.75, 3.05) is 19.6 Å². The van der Waals surface area contributed by atoms with E-state index in [1.165, 1.54) is 58.0 Å². The van der Waals surface area contributed by atoms with Crippen molar-refractivity contribution in [2.24, 2.45) is 35.3 Å². The fraction of sp³-hybridized carbons (Fsp3) is 1.00. The molecule has 21 heavy (non-hydrogen) atoms. The molecular weight excluding hydrogens is 256 g/mol. The van der Waals surface area contributed by atoms with E-state index in [0.29, 0.717) is 5.54 Å². The number of rotatable bonds is 7. The maximum Gasteiger partial charge on any atom is 0.0388 e. The quantitative estimate of drug-likeness (QED) is 0.771. The van der Waals surface area contributed by atoms with Gasteiger partial charge in [-0.2, -0.15) is 0 Å². The Labute approximate surface area is 131 Å². The topological polar surface area (TPSA) is 29.3 Å². The van der Waals surface area contributed by atoms with Crippen LogP contribution in [0.15, 0.2) is 0 Å². The molecule has 0 spiro atoms. The highest BCUT2D eigenvalue weighted by atomic mass is 15.2.